The second-order valence-corrected chi connectivity index (χ2v) is 7.48. The zero-order chi connectivity index (χ0) is 27.6. The first-order valence-corrected chi connectivity index (χ1v) is 13.1. The van der Waals surface area contributed by atoms with E-state index >= 15 is 0 Å². The SMILES string of the molecule is CC.CCN(C)c1ccccc1.CCNCC(O)c1cccnc1.CCc1ccc(CC)cc1.CO. The van der Waals surface area contributed by atoms with E-state index in [1.807, 2.05) is 39.0 Å². The van der Waals surface area contributed by atoms with Gasteiger partial charge >= 0.3 is 0 Å². The summed E-state index contributed by atoms with van der Waals surface area (Å²) in [4.78, 5) is 6.13. The molecule has 1 heterocycles. The molecule has 1 atom stereocenters. The van der Waals surface area contributed by atoms with Crippen LogP contribution in [0.2, 0.25) is 0 Å². The molecule has 3 N–H and O–H groups in total. The molecule has 5 nitrogen and oxygen atoms in total. The number of aromatic nitrogens is 1. The lowest BCUT2D eigenvalue weighted by Gasteiger charge is -2.15. The third-order valence-corrected chi connectivity index (χ3v) is 5.17. The van der Waals surface area contributed by atoms with Crippen LogP contribution in [-0.2, 0) is 12.8 Å². The molecule has 3 aromatic rings. The smallest absolute Gasteiger partial charge is 0.0929 e. The minimum atomic E-state index is -0.446. The van der Waals surface area contributed by atoms with E-state index in [4.69, 9.17) is 5.11 Å². The van der Waals surface area contributed by atoms with Crippen LogP contribution in [0.15, 0.2) is 79.1 Å². The minimum Gasteiger partial charge on any atom is -0.400 e. The van der Waals surface area contributed by atoms with Crippen molar-refractivity contribution in [1.29, 1.82) is 0 Å². The molecule has 0 fully saturated rings. The Morgan fingerprint density at radius 1 is 0.806 bits per heavy atom. The summed E-state index contributed by atoms with van der Waals surface area (Å²) in [6, 6.07) is 22.9. The van der Waals surface area contributed by atoms with Crippen LogP contribution in [-0.4, -0.2) is 49.0 Å². The Kier molecular flexibility index (Phi) is 25.0. The van der Waals surface area contributed by atoms with Crippen molar-refractivity contribution in [2.45, 2.75) is 60.5 Å². The molecule has 0 amide bonds. The summed E-state index contributed by atoms with van der Waals surface area (Å²) in [7, 11) is 3.09. The van der Waals surface area contributed by atoms with Gasteiger partial charge in [-0.05, 0) is 55.6 Å². The second kappa shape index (κ2) is 25.4. The van der Waals surface area contributed by atoms with Crippen LogP contribution in [0.25, 0.3) is 0 Å². The first kappa shape index (κ1) is 35.4. The average Bonchev–Trinajstić information content (AvgIpc) is 2.99. The molecule has 1 aromatic heterocycles. The molecule has 0 aliphatic carbocycles. The third-order valence-electron chi connectivity index (χ3n) is 5.17. The van der Waals surface area contributed by atoms with Crippen molar-refractivity contribution in [3.63, 3.8) is 0 Å². The highest BCUT2D eigenvalue weighted by molar-refractivity contribution is 5.44. The number of anilines is 1. The normalized spacial score (nSPS) is 9.94. The second-order valence-electron chi connectivity index (χ2n) is 7.48. The molecule has 0 saturated carbocycles. The van der Waals surface area contributed by atoms with Gasteiger partial charge in [-0.25, -0.2) is 0 Å². The molecular formula is C31H51N3O2. The number of benzene rings is 2. The van der Waals surface area contributed by atoms with Crippen LogP contribution in [0.1, 0.15) is 64.3 Å². The molecule has 3 rings (SSSR count). The van der Waals surface area contributed by atoms with Crippen LogP contribution in [0.5, 0.6) is 0 Å². The maximum Gasteiger partial charge on any atom is 0.0929 e. The molecule has 0 bridgehead atoms. The van der Waals surface area contributed by atoms with E-state index in [0.717, 1.165) is 38.6 Å². The lowest BCUT2D eigenvalue weighted by molar-refractivity contribution is 0.175. The number of rotatable bonds is 8. The van der Waals surface area contributed by atoms with Gasteiger partial charge in [-0.3, -0.25) is 4.98 Å². The summed E-state index contributed by atoms with van der Waals surface area (Å²) in [6.45, 7) is 15.0. The van der Waals surface area contributed by atoms with Gasteiger partial charge in [-0.2, -0.15) is 0 Å². The lowest BCUT2D eigenvalue weighted by Crippen LogP contribution is -2.20. The number of hydrogen-bond donors (Lipinski definition) is 3. The fourth-order valence-corrected chi connectivity index (χ4v) is 2.85. The number of pyridine rings is 1. The molecule has 0 spiro atoms. The molecule has 202 valence electrons. The number of nitrogens with zero attached hydrogens (tertiary/aromatic N) is 2. The monoisotopic (exact) mass is 497 g/mol. The van der Waals surface area contributed by atoms with Gasteiger partial charge in [-0.15, -0.1) is 0 Å². The molecule has 0 aliphatic heterocycles. The van der Waals surface area contributed by atoms with E-state index in [1.54, 1.807) is 12.4 Å². The number of aryl methyl sites for hydroxylation is 2. The van der Waals surface area contributed by atoms with Gasteiger partial charge in [-0.1, -0.05) is 83.1 Å². The largest absolute Gasteiger partial charge is 0.400 e. The predicted octanol–water partition coefficient (Wildman–Crippen LogP) is 6.31. The summed E-state index contributed by atoms with van der Waals surface area (Å²) in [5.41, 5.74) is 5.00. The van der Waals surface area contributed by atoms with Gasteiger partial charge in [0.05, 0.1) is 6.10 Å². The van der Waals surface area contributed by atoms with E-state index < -0.39 is 6.10 Å². The van der Waals surface area contributed by atoms with Gasteiger partial charge < -0.3 is 20.4 Å². The van der Waals surface area contributed by atoms with Crippen LogP contribution >= 0.6 is 0 Å². The van der Waals surface area contributed by atoms with Crippen molar-refractivity contribution in [3.05, 3.63) is 95.8 Å². The highest BCUT2D eigenvalue weighted by atomic mass is 16.3. The van der Waals surface area contributed by atoms with Gasteiger partial charge in [0, 0.05) is 50.9 Å². The Labute approximate surface area is 221 Å². The Bertz CT molecular complexity index is 789. The summed E-state index contributed by atoms with van der Waals surface area (Å²) < 4.78 is 0. The Hall–Kier alpha value is -2.73. The highest BCUT2D eigenvalue weighted by Crippen LogP contribution is 2.10. The van der Waals surface area contributed by atoms with E-state index in [-0.39, 0.29) is 0 Å². The molecule has 0 aliphatic rings. The molecule has 36 heavy (non-hydrogen) atoms. The molecular weight excluding hydrogens is 446 g/mol. The Balaban J connectivity index is 0. The minimum absolute atomic E-state index is 0.446. The maximum atomic E-state index is 9.55. The number of aliphatic hydroxyl groups is 2. The summed E-state index contributed by atoms with van der Waals surface area (Å²) >= 11 is 0. The fraction of sp³-hybridized carbons (Fsp3) is 0.452. The number of aliphatic hydroxyl groups excluding tert-OH is 2. The van der Waals surface area contributed by atoms with Crippen molar-refractivity contribution < 1.29 is 10.2 Å². The summed E-state index contributed by atoms with van der Waals surface area (Å²) in [5.74, 6) is 0. The Morgan fingerprint density at radius 3 is 1.72 bits per heavy atom. The van der Waals surface area contributed by atoms with Gasteiger partial charge in [0.25, 0.3) is 0 Å². The quantitative estimate of drug-likeness (QED) is 0.340. The maximum absolute atomic E-state index is 9.55. The van der Waals surface area contributed by atoms with Crippen LogP contribution in [0.3, 0.4) is 0 Å². The van der Waals surface area contributed by atoms with E-state index in [9.17, 15) is 5.11 Å². The van der Waals surface area contributed by atoms with Crippen molar-refractivity contribution in [3.8, 4) is 0 Å². The fourth-order valence-electron chi connectivity index (χ4n) is 2.85. The standard InChI is InChI=1S/C10H14.C9H14N2O.C9H13N.C2H6.CH4O/c1-3-9-5-7-10(4-2)8-6-9;1-2-10-7-9(12)8-4-3-5-11-6-8;1-3-10(2)9-7-5-4-6-8-9;2*1-2/h5-8H,3-4H2,1-2H3;3-6,9-10,12H,2,7H2,1H3;4-8H,3H2,1-2H3;1-2H3;2H,1H3. The van der Waals surface area contributed by atoms with E-state index in [0.29, 0.717) is 6.54 Å². The number of hydrogen-bond acceptors (Lipinski definition) is 5. The topological polar surface area (TPSA) is 68.6 Å². The van der Waals surface area contributed by atoms with Crippen LogP contribution in [0.4, 0.5) is 5.69 Å². The van der Waals surface area contributed by atoms with Crippen molar-refractivity contribution in [2.75, 3.05) is 38.7 Å². The average molecular weight is 498 g/mol. The first-order valence-electron chi connectivity index (χ1n) is 13.1. The first-order chi connectivity index (χ1) is 17.5. The molecule has 0 saturated heterocycles. The van der Waals surface area contributed by atoms with E-state index in [2.05, 4.69) is 91.6 Å². The number of para-hydroxylation sites is 1. The lowest BCUT2D eigenvalue weighted by atomic mass is 10.1. The highest BCUT2D eigenvalue weighted by Gasteiger charge is 2.04. The van der Waals surface area contributed by atoms with Gasteiger partial charge in [0.2, 0.25) is 0 Å². The summed E-state index contributed by atoms with van der Waals surface area (Å²) in [5, 5.41) is 19.6. The third kappa shape index (κ3) is 16.8. The summed E-state index contributed by atoms with van der Waals surface area (Å²) in [6.07, 6.45) is 5.22. The van der Waals surface area contributed by atoms with Crippen LogP contribution < -0.4 is 10.2 Å². The molecule has 1 unspecified atom stereocenters. The molecule has 0 radical (unpaired) electrons. The van der Waals surface area contributed by atoms with Gasteiger partial charge in [0.1, 0.15) is 0 Å². The number of nitrogens with one attached hydrogen (secondary N) is 1. The number of likely N-dealkylation sites (N-methyl/N-ethyl adjacent to an activating group) is 1. The molecule has 2 aromatic carbocycles. The van der Waals surface area contributed by atoms with Crippen LogP contribution in [0, 0.1) is 0 Å². The Morgan fingerprint density at radius 2 is 1.33 bits per heavy atom. The zero-order valence-corrected chi connectivity index (χ0v) is 23.9. The molecule has 5 heteroatoms. The predicted molar refractivity (Wildman–Crippen MR) is 158 cm³/mol. The van der Waals surface area contributed by atoms with Crippen molar-refractivity contribution in [1.82, 2.24) is 10.3 Å². The zero-order valence-electron chi connectivity index (χ0n) is 23.9. The van der Waals surface area contributed by atoms with Crippen molar-refractivity contribution >= 4 is 5.69 Å². The van der Waals surface area contributed by atoms with Crippen molar-refractivity contribution in [2.24, 2.45) is 0 Å². The van der Waals surface area contributed by atoms with Gasteiger partial charge in [0.15, 0.2) is 0 Å². The van der Waals surface area contributed by atoms with E-state index in [1.165, 1.54) is 16.8 Å².